The SMILES string of the molecule is CC(Cc1ccco1)NC(=O)C1NCCCC1(C)C. The van der Waals surface area contributed by atoms with Gasteiger partial charge in [-0.3, -0.25) is 4.79 Å². The molecule has 0 radical (unpaired) electrons. The van der Waals surface area contributed by atoms with Crippen LogP contribution in [0.3, 0.4) is 0 Å². The van der Waals surface area contributed by atoms with Gasteiger partial charge in [0.25, 0.3) is 0 Å². The van der Waals surface area contributed by atoms with E-state index in [1.165, 1.54) is 0 Å². The Labute approximate surface area is 114 Å². The molecule has 0 bridgehead atoms. The zero-order valence-electron chi connectivity index (χ0n) is 12.0. The van der Waals surface area contributed by atoms with Crippen molar-refractivity contribution in [2.75, 3.05) is 6.54 Å². The third-order valence-electron chi connectivity index (χ3n) is 3.87. The summed E-state index contributed by atoms with van der Waals surface area (Å²) in [5, 5.41) is 6.42. The predicted octanol–water partition coefficient (Wildman–Crippen LogP) is 2.10. The van der Waals surface area contributed by atoms with Gasteiger partial charge in [-0.15, -0.1) is 0 Å². The van der Waals surface area contributed by atoms with Gasteiger partial charge in [0.15, 0.2) is 0 Å². The van der Waals surface area contributed by atoms with Gasteiger partial charge in [0.1, 0.15) is 5.76 Å². The summed E-state index contributed by atoms with van der Waals surface area (Å²) in [7, 11) is 0. The Morgan fingerprint density at radius 1 is 1.63 bits per heavy atom. The molecule has 0 saturated carbocycles. The summed E-state index contributed by atoms with van der Waals surface area (Å²) in [5.41, 5.74) is 0.0206. The molecule has 2 unspecified atom stereocenters. The molecule has 1 aromatic heterocycles. The summed E-state index contributed by atoms with van der Waals surface area (Å²) in [6.07, 6.45) is 4.62. The highest BCUT2D eigenvalue weighted by atomic mass is 16.3. The molecule has 4 heteroatoms. The fourth-order valence-corrected chi connectivity index (χ4v) is 2.77. The maximum absolute atomic E-state index is 12.3. The zero-order valence-corrected chi connectivity index (χ0v) is 12.0. The molecule has 1 fully saturated rings. The van der Waals surface area contributed by atoms with Gasteiger partial charge in [0, 0.05) is 12.5 Å². The minimum atomic E-state index is -0.0969. The Hall–Kier alpha value is -1.29. The minimum Gasteiger partial charge on any atom is -0.469 e. The van der Waals surface area contributed by atoms with Crippen LogP contribution in [0.15, 0.2) is 22.8 Å². The number of carbonyl (C=O) groups excluding carboxylic acids is 1. The van der Waals surface area contributed by atoms with Crippen LogP contribution in [0.25, 0.3) is 0 Å². The molecule has 1 saturated heterocycles. The third kappa shape index (κ3) is 3.60. The van der Waals surface area contributed by atoms with Crippen LogP contribution < -0.4 is 10.6 Å². The second kappa shape index (κ2) is 5.78. The molecule has 1 aliphatic heterocycles. The van der Waals surface area contributed by atoms with Crippen molar-refractivity contribution in [1.82, 2.24) is 10.6 Å². The van der Waals surface area contributed by atoms with Gasteiger partial charge >= 0.3 is 0 Å². The smallest absolute Gasteiger partial charge is 0.237 e. The van der Waals surface area contributed by atoms with Crippen molar-refractivity contribution in [1.29, 1.82) is 0 Å². The highest BCUT2D eigenvalue weighted by Gasteiger charge is 2.37. The van der Waals surface area contributed by atoms with Crippen molar-refractivity contribution in [2.45, 2.75) is 52.1 Å². The molecule has 1 amide bonds. The van der Waals surface area contributed by atoms with E-state index in [2.05, 4.69) is 24.5 Å². The lowest BCUT2D eigenvalue weighted by atomic mass is 9.77. The molecule has 1 aliphatic rings. The van der Waals surface area contributed by atoms with Crippen molar-refractivity contribution in [3.63, 3.8) is 0 Å². The Morgan fingerprint density at radius 3 is 3.05 bits per heavy atom. The minimum absolute atomic E-state index is 0.0206. The maximum atomic E-state index is 12.3. The Bertz CT molecular complexity index is 412. The van der Waals surface area contributed by atoms with E-state index >= 15 is 0 Å². The molecule has 2 N–H and O–H groups in total. The number of nitrogens with one attached hydrogen (secondary N) is 2. The van der Waals surface area contributed by atoms with Gasteiger partial charge < -0.3 is 15.1 Å². The Balaban J connectivity index is 1.89. The highest BCUT2D eigenvalue weighted by molar-refractivity contribution is 5.83. The van der Waals surface area contributed by atoms with E-state index in [1.54, 1.807) is 6.26 Å². The Morgan fingerprint density at radius 2 is 2.42 bits per heavy atom. The van der Waals surface area contributed by atoms with Crippen molar-refractivity contribution in [3.8, 4) is 0 Å². The standard InChI is InChI=1S/C15H24N2O2/c1-11(10-12-6-4-9-19-12)17-14(18)13-15(2,3)7-5-8-16-13/h4,6,9,11,13,16H,5,7-8,10H2,1-3H3,(H,17,18). The van der Waals surface area contributed by atoms with Crippen LogP contribution in [0, 0.1) is 5.41 Å². The average molecular weight is 264 g/mol. The second-order valence-corrected chi connectivity index (χ2v) is 6.17. The number of hydrogen-bond donors (Lipinski definition) is 2. The van der Waals surface area contributed by atoms with Crippen LogP contribution in [0.1, 0.15) is 39.4 Å². The summed E-state index contributed by atoms with van der Waals surface area (Å²) in [4.78, 5) is 12.3. The first kappa shape index (κ1) is 14.1. The van der Waals surface area contributed by atoms with Crippen LogP contribution in [0.5, 0.6) is 0 Å². The number of amides is 1. The predicted molar refractivity (Wildman–Crippen MR) is 74.8 cm³/mol. The van der Waals surface area contributed by atoms with Gasteiger partial charge in [-0.1, -0.05) is 13.8 Å². The van der Waals surface area contributed by atoms with E-state index < -0.39 is 0 Å². The van der Waals surface area contributed by atoms with Crippen molar-refractivity contribution in [2.24, 2.45) is 5.41 Å². The van der Waals surface area contributed by atoms with Crippen molar-refractivity contribution in [3.05, 3.63) is 24.2 Å². The molecule has 2 heterocycles. The quantitative estimate of drug-likeness (QED) is 0.875. The normalized spacial score (nSPS) is 23.8. The summed E-state index contributed by atoms with van der Waals surface area (Å²) in [6.45, 7) is 7.24. The number of carbonyl (C=O) groups is 1. The first-order chi connectivity index (χ1) is 8.99. The third-order valence-corrected chi connectivity index (χ3v) is 3.87. The fraction of sp³-hybridized carbons (Fsp3) is 0.667. The van der Waals surface area contributed by atoms with Gasteiger partial charge in [-0.05, 0) is 43.9 Å². The lowest BCUT2D eigenvalue weighted by Crippen LogP contribution is -2.57. The molecule has 2 atom stereocenters. The van der Waals surface area contributed by atoms with Gasteiger partial charge in [-0.25, -0.2) is 0 Å². The molecule has 19 heavy (non-hydrogen) atoms. The van der Waals surface area contributed by atoms with Crippen LogP contribution in [-0.4, -0.2) is 24.5 Å². The maximum Gasteiger partial charge on any atom is 0.237 e. The molecular formula is C15H24N2O2. The van der Waals surface area contributed by atoms with Crippen LogP contribution in [0.4, 0.5) is 0 Å². The molecular weight excluding hydrogens is 240 g/mol. The zero-order chi connectivity index (χ0) is 13.9. The van der Waals surface area contributed by atoms with E-state index in [0.29, 0.717) is 0 Å². The van der Waals surface area contributed by atoms with E-state index in [4.69, 9.17) is 4.42 Å². The first-order valence-corrected chi connectivity index (χ1v) is 7.05. The van der Waals surface area contributed by atoms with Crippen LogP contribution in [-0.2, 0) is 11.2 Å². The summed E-state index contributed by atoms with van der Waals surface area (Å²) < 4.78 is 5.31. The largest absolute Gasteiger partial charge is 0.469 e. The number of piperidine rings is 1. The van der Waals surface area contributed by atoms with Crippen molar-refractivity contribution < 1.29 is 9.21 Å². The topological polar surface area (TPSA) is 54.3 Å². The number of hydrogen-bond acceptors (Lipinski definition) is 3. The molecule has 2 rings (SSSR count). The fourth-order valence-electron chi connectivity index (χ4n) is 2.77. The molecule has 0 aromatic carbocycles. The average Bonchev–Trinajstić information content (AvgIpc) is 2.80. The number of furan rings is 1. The van der Waals surface area contributed by atoms with Gasteiger partial charge in [0.05, 0.1) is 12.3 Å². The number of rotatable bonds is 4. The van der Waals surface area contributed by atoms with Crippen LogP contribution in [0.2, 0.25) is 0 Å². The molecule has 0 spiro atoms. The lowest BCUT2D eigenvalue weighted by Gasteiger charge is -2.38. The second-order valence-electron chi connectivity index (χ2n) is 6.17. The molecule has 106 valence electrons. The Kier molecular flexibility index (Phi) is 4.30. The van der Waals surface area contributed by atoms with E-state index in [9.17, 15) is 4.79 Å². The van der Waals surface area contributed by atoms with E-state index in [0.717, 1.165) is 31.6 Å². The lowest BCUT2D eigenvalue weighted by molar-refractivity contribution is -0.127. The van der Waals surface area contributed by atoms with E-state index in [1.807, 2.05) is 19.1 Å². The molecule has 0 aliphatic carbocycles. The van der Waals surface area contributed by atoms with Gasteiger partial charge in [-0.2, -0.15) is 0 Å². The summed E-state index contributed by atoms with van der Waals surface area (Å²) in [5.74, 6) is 1.01. The summed E-state index contributed by atoms with van der Waals surface area (Å²) in [6, 6.07) is 3.79. The monoisotopic (exact) mass is 264 g/mol. The first-order valence-electron chi connectivity index (χ1n) is 7.05. The van der Waals surface area contributed by atoms with Crippen molar-refractivity contribution >= 4 is 5.91 Å². The van der Waals surface area contributed by atoms with Crippen LogP contribution >= 0.6 is 0 Å². The van der Waals surface area contributed by atoms with E-state index in [-0.39, 0.29) is 23.4 Å². The highest BCUT2D eigenvalue weighted by Crippen LogP contribution is 2.30. The molecule has 4 nitrogen and oxygen atoms in total. The molecule has 1 aromatic rings. The van der Waals surface area contributed by atoms with Gasteiger partial charge in [0.2, 0.25) is 5.91 Å². The summed E-state index contributed by atoms with van der Waals surface area (Å²) >= 11 is 0.